The van der Waals surface area contributed by atoms with Crippen LogP contribution in [0.5, 0.6) is 0 Å². The van der Waals surface area contributed by atoms with E-state index in [-0.39, 0.29) is 11.8 Å². The molecule has 2 aromatic rings. The Morgan fingerprint density at radius 3 is 2.78 bits per heavy atom. The molecule has 1 aromatic carbocycles. The fraction of sp³-hybridized carbons (Fsp3) is 0.312. The number of carbonyl (C=O) groups excluding carboxylic acids is 2. The molecule has 1 aliphatic heterocycles. The Hall–Kier alpha value is -2.25. The van der Waals surface area contributed by atoms with E-state index in [0.29, 0.717) is 18.2 Å². The highest BCUT2D eigenvalue weighted by Crippen LogP contribution is 2.28. The van der Waals surface area contributed by atoms with Crippen LogP contribution in [-0.4, -0.2) is 34.8 Å². The molecule has 0 spiro atoms. The van der Waals surface area contributed by atoms with Gasteiger partial charge in [-0.2, -0.15) is 0 Å². The standard InChI is InChI=1S/C16H18N4O2S/c1-11(21)17-16-19-13-7-8-20(9-14(13)23-16)10-15(22)18-12-5-3-2-4-6-12/h2-6H,7-10H2,1H3,(H,18,22)(H,17,19,21). The maximum atomic E-state index is 12.1. The third-order valence-corrected chi connectivity index (χ3v) is 4.52. The van der Waals surface area contributed by atoms with Crippen molar-refractivity contribution in [1.29, 1.82) is 0 Å². The van der Waals surface area contributed by atoms with Gasteiger partial charge in [0, 0.05) is 37.0 Å². The Balaban J connectivity index is 1.57. The van der Waals surface area contributed by atoms with Crippen molar-refractivity contribution in [3.05, 3.63) is 40.9 Å². The number of nitrogens with zero attached hydrogens (tertiary/aromatic N) is 2. The van der Waals surface area contributed by atoms with Crippen LogP contribution in [0.3, 0.4) is 0 Å². The average molecular weight is 330 g/mol. The van der Waals surface area contributed by atoms with Gasteiger partial charge >= 0.3 is 0 Å². The van der Waals surface area contributed by atoms with E-state index in [9.17, 15) is 9.59 Å². The quantitative estimate of drug-likeness (QED) is 0.900. The van der Waals surface area contributed by atoms with Crippen molar-refractivity contribution in [2.75, 3.05) is 23.7 Å². The summed E-state index contributed by atoms with van der Waals surface area (Å²) in [5.41, 5.74) is 1.83. The number of benzene rings is 1. The number of fused-ring (bicyclic) bond motifs is 1. The maximum absolute atomic E-state index is 12.1. The minimum atomic E-state index is -0.116. The number of carbonyl (C=O) groups is 2. The van der Waals surface area contributed by atoms with Gasteiger partial charge < -0.3 is 10.6 Å². The van der Waals surface area contributed by atoms with Crippen molar-refractivity contribution in [3.8, 4) is 0 Å². The summed E-state index contributed by atoms with van der Waals surface area (Å²) in [7, 11) is 0. The number of para-hydroxylation sites is 1. The minimum Gasteiger partial charge on any atom is -0.325 e. The summed E-state index contributed by atoms with van der Waals surface area (Å²) in [6.07, 6.45) is 0.796. The molecule has 0 unspecified atom stereocenters. The summed E-state index contributed by atoms with van der Waals surface area (Å²) in [5.74, 6) is -0.138. The monoisotopic (exact) mass is 330 g/mol. The molecule has 3 rings (SSSR count). The molecule has 7 heteroatoms. The molecule has 0 radical (unpaired) electrons. The fourth-order valence-electron chi connectivity index (χ4n) is 2.51. The molecule has 2 heterocycles. The summed E-state index contributed by atoms with van der Waals surface area (Å²) in [4.78, 5) is 30.9. The van der Waals surface area contributed by atoms with Crippen LogP contribution < -0.4 is 10.6 Å². The second-order valence-electron chi connectivity index (χ2n) is 5.44. The molecule has 1 aliphatic rings. The van der Waals surface area contributed by atoms with Crippen molar-refractivity contribution >= 4 is 34.0 Å². The second-order valence-corrected chi connectivity index (χ2v) is 6.53. The summed E-state index contributed by atoms with van der Waals surface area (Å²) >= 11 is 1.48. The first-order chi connectivity index (χ1) is 11.1. The first-order valence-electron chi connectivity index (χ1n) is 7.43. The lowest BCUT2D eigenvalue weighted by atomic mass is 10.2. The number of rotatable bonds is 4. The third-order valence-electron chi connectivity index (χ3n) is 3.52. The molecule has 120 valence electrons. The van der Waals surface area contributed by atoms with Crippen molar-refractivity contribution in [1.82, 2.24) is 9.88 Å². The van der Waals surface area contributed by atoms with Gasteiger partial charge in [-0.25, -0.2) is 4.98 Å². The zero-order valence-electron chi connectivity index (χ0n) is 12.8. The molecule has 0 saturated heterocycles. The second kappa shape index (κ2) is 6.89. The van der Waals surface area contributed by atoms with E-state index in [0.717, 1.165) is 29.2 Å². The summed E-state index contributed by atoms with van der Waals surface area (Å²) in [5, 5.41) is 6.25. The van der Waals surface area contributed by atoms with E-state index in [1.807, 2.05) is 30.3 Å². The topological polar surface area (TPSA) is 74.3 Å². The Morgan fingerprint density at radius 1 is 1.26 bits per heavy atom. The maximum Gasteiger partial charge on any atom is 0.238 e. The molecule has 0 saturated carbocycles. The van der Waals surface area contributed by atoms with Gasteiger partial charge in [0.05, 0.1) is 12.2 Å². The SMILES string of the molecule is CC(=O)Nc1nc2c(s1)CN(CC(=O)Nc1ccccc1)CC2. The molecule has 2 amide bonds. The average Bonchev–Trinajstić information content (AvgIpc) is 2.88. The van der Waals surface area contributed by atoms with Crippen LogP contribution in [0.4, 0.5) is 10.8 Å². The molecule has 6 nitrogen and oxygen atoms in total. The van der Waals surface area contributed by atoms with Gasteiger partial charge in [-0.15, -0.1) is 11.3 Å². The number of thiazole rings is 1. The molecular formula is C16H18N4O2S. The largest absolute Gasteiger partial charge is 0.325 e. The number of anilines is 2. The van der Waals surface area contributed by atoms with Gasteiger partial charge in [0.25, 0.3) is 0 Å². The zero-order chi connectivity index (χ0) is 16.2. The van der Waals surface area contributed by atoms with E-state index >= 15 is 0 Å². The molecular weight excluding hydrogens is 312 g/mol. The van der Waals surface area contributed by atoms with Crippen molar-refractivity contribution < 1.29 is 9.59 Å². The Bertz CT molecular complexity index is 714. The Kier molecular flexibility index (Phi) is 4.68. The normalized spacial score (nSPS) is 14.1. The highest BCUT2D eigenvalue weighted by molar-refractivity contribution is 7.15. The lowest BCUT2D eigenvalue weighted by Gasteiger charge is -2.25. The number of hydrogen-bond acceptors (Lipinski definition) is 5. The smallest absolute Gasteiger partial charge is 0.238 e. The van der Waals surface area contributed by atoms with Gasteiger partial charge in [-0.3, -0.25) is 14.5 Å². The highest BCUT2D eigenvalue weighted by atomic mass is 32.1. The van der Waals surface area contributed by atoms with E-state index < -0.39 is 0 Å². The van der Waals surface area contributed by atoms with Gasteiger partial charge in [-0.1, -0.05) is 18.2 Å². The predicted molar refractivity (Wildman–Crippen MR) is 90.5 cm³/mol. The summed E-state index contributed by atoms with van der Waals surface area (Å²) < 4.78 is 0. The van der Waals surface area contributed by atoms with Crippen LogP contribution in [-0.2, 0) is 22.6 Å². The fourth-order valence-corrected chi connectivity index (χ4v) is 3.61. The van der Waals surface area contributed by atoms with Crippen molar-refractivity contribution in [3.63, 3.8) is 0 Å². The summed E-state index contributed by atoms with van der Waals surface area (Å²) in [6.45, 7) is 3.30. The third kappa shape index (κ3) is 4.14. The number of aromatic nitrogens is 1. The Labute approximate surface area is 138 Å². The van der Waals surface area contributed by atoms with Gasteiger partial charge in [-0.05, 0) is 12.1 Å². The van der Waals surface area contributed by atoms with Gasteiger partial charge in [0.1, 0.15) is 0 Å². The van der Waals surface area contributed by atoms with Gasteiger partial charge in [0.2, 0.25) is 11.8 Å². The van der Waals surface area contributed by atoms with Crippen LogP contribution in [0.1, 0.15) is 17.5 Å². The highest BCUT2D eigenvalue weighted by Gasteiger charge is 2.22. The molecule has 0 fully saturated rings. The van der Waals surface area contributed by atoms with Crippen molar-refractivity contribution in [2.45, 2.75) is 19.9 Å². The van der Waals surface area contributed by atoms with E-state index in [2.05, 4.69) is 20.5 Å². The van der Waals surface area contributed by atoms with E-state index in [1.165, 1.54) is 18.3 Å². The molecule has 1 aromatic heterocycles. The lowest BCUT2D eigenvalue weighted by Crippen LogP contribution is -2.36. The molecule has 0 atom stereocenters. The lowest BCUT2D eigenvalue weighted by molar-refractivity contribution is -0.117. The Morgan fingerprint density at radius 2 is 2.04 bits per heavy atom. The number of amides is 2. The van der Waals surface area contributed by atoms with Crippen LogP contribution in [0, 0.1) is 0 Å². The molecule has 0 aliphatic carbocycles. The van der Waals surface area contributed by atoms with E-state index in [1.54, 1.807) is 0 Å². The first kappa shape index (κ1) is 15.6. The van der Waals surface area contributed by atoms with Gasteiger partial charge in [0.15, 0.2) is 5.13 Å². The minimum absolute atomic E-state index is 0.0220. The molecule has 2 N–H and O–H groups in total. The molecule has 23 heavy (non-hydrogen) atoms. The van der Waals surface area contributed by atoms with Crippen molar-refractivity contribution in [2.24, 2.45) is 0 Å². The predicted octanol–water partition coefficient (Wildman–Crippen LogP) is 2.10. The first-order valence-corrected chi connectivity index (χ1v) is 8.25. The zero-order valence-corrected chi connectivity index (χ0v) is 13.7. The molecule has 0 bridgehead atoms. The van der Waals surface area contributed by atoms with Crippen LogP contribution in [0.25, 0.3) is 0 Å². The number of hydrogen-bond donors (Lipinski definition) is 2. The van der Waals surface area contributed by atoms with Crippen LogP contribution in [0.2, 0.25) is 0 Å². The van der Waals surface area contributed by atoms with Crippen LogP contribution in [0.15, 0.2) is 30.3 Å². The van der Waals surface area contributed by atoms with Crippen LogP contribution >= 0.6 is 11.3 Å². The summed E-state index contributed by atoms with van der Waals surface area (Å²) in [6, 6.07) is 9.44. The van der Waals surface area contributed by atoms with E-state index in [4.69, 9.17) is 0 Å². The number of nitrogens with one attached hydrogen (secondary N) is 2.